The molecule has 0 spiro atoms. The van der Waals surface area contributed by atoms with Gasteiger partial charge in [0, 0.05) is 11.1 Å². The summed E-state index contributed by atoms with van der Waals surface area (Å²) in [5.74, 6) is 2.21. The number of nitriles is 1. The van der Waals surface area contributed by atoms with Crippen molar-refractivity contribution in [1.29, 1.82) is 5.26 Å². The summed E-state index contributed by atoms with van der Waals surface area (Å²) in [5.41, 5.74) is 2.80. The van der Waals surface area contributed by atoms with Gasteiger partial charge in [-0.15, -0.1) is 0 Å². The highest BCUT2D eigenvalue weighted by Gasteiger charge is 2.30. The molecular weight excluding hydrogens is 280 g/mol. The smallest absolute Gasteiger partial charge is 0.176 e. The van der Waals surface area contributed by atoms with Gasteiger partial charge in [-0.2, -0.15) is 5.26 Å². The second kappa shape index (κ2) is 5.86. The fraction of sp³-hybridized carbons (Fsp3) is 0.235. The van der Waals surface area contributed by atoms with E-state index in [0.717, 1.165) is 33.9 Å². The lowest BCUT2D eigenvalue weighted by Crippen LogP contribution is -2.25. The van der Waals surface area contributed by atoms with Gasteiger partial charge in [-0.05, 0) is 18.2 Å². The molecule has 2 aromatic rings. The van der Waals surface area contributed by atoms with Crippen molar-refractivity contribution in [1.82, 2.24) is 5.32 Å². The Morgan fingerprint density at radius 3 is 2.45 bits per heavy atom. The Hall–Kier alpha value is -2.87. The Bertz CT molecular complexity index is 737. The number of hydrogen-bond donors (Lipinski definition) is 1. The molecule has 0 fully saturated rings. The predicted octanol–water partition coefficient (Wildman–Crippen LogP) is 2.87. The van der Waals surface area contributed by atoms with Crippen LogP contribution in [0.15, 0.2) is 36.4 Å². The fourth-order valence-electron chi connectivity index (χ4n) is 2.79. The van der Waals surface area contributed by atoms with E-state index in [0.29, 0.717) is 6.54 Å². The van der Waals surface area contributed by atoms with Crippen LogP contribution >= 0.6 is 0 Å². The van der Waals surface area contributed by atoms with Crippen molar-refractivity contribution in [2.75, 3.05) is 20.8 Å². The number of rotatable bonds is 4. The maximum absolute atomic E-state index is 8.76. The van der Waals surface area contributed by atoms with E-state index in [1.165, 1.54) is 0 Å². The number of benzene rings is 2. The minimum absolute atomic E-state index is 0.260. The molecule has 0 aliphatic carbocycles. The number of fused-ring (bicyclic) bond motifs is 3. The molecule has 112 valence electrons. The van der Waals surface area contributed by atoms with Crippen LogP contribution in [0.25, 0.3) is 11.1 Å². The normalized spacial score (nSPS) is 14.9. The van der Waals surface area contributed by atoms with Gasteiger partial charge in [0.1, 0.15) is 23.4 Å². The maximum atomic E-state index is 8.76. The van der Waals surface area contributed by atoms with E-state index in [9.17, 15) is 0 Å². The van der Waals surface area contributed by atoms with Crippen LogP contribution in [-0.4, -0.2) is 20.8 Å². The quantitative estimate of drug-likeness (QED) is 0.694. The summed E-state index contributed by atoms with van der Waals surface area (Å²) in [4.78, 5) is 0. The summed E-state index contributed by atoms with van der Waals surface area (Å²) in [7, 11) is 3.27. The van der Waals surface area contributed by atoms with E-state index in [2.05, 4.69) is 5.32 Å². The highest BCUT2D eigenvalue weighted by atomic mass is 16.5. The lowest BCUT2D eigenvalue weighted by atomic mass is 9.91. The van der Waals surface area contributed by atoms with Crippen LogP contribution in [0.3, 0.4) is 0 Å². The lowest BCUT2D eigenvalue weighted by Gasteiger charge is -2.30. The molecule has 2 aromatic carbocycles. The van der Waals surface area contributed by atoms with Crippen LogP contribution < -0.4 is 19.5 Å². The second-order valence-electron chi connectivity index (χ2n) is 4.86. The van der Waals surface area contributed by atoms with Gasteiger partial charge in [-0.3, -0.25) is 0 Å². The first-order valence-electron chi connectivity index (χ1n) is 6.93. The van der Waals surface area contributed by atoms with Gasteiger partial charge < -0.3 is 19.5 Å². The van der Waals surface area contributed by atoms with Crippen LogP contribution in [0.1, 0.15) is 11.7 Å². The third kappa shape index (κ3) is 2.19. The highest BCUT2D eigenvalue weighted by molar-refractivity contribution is 5.85. The molecule has 0 amide bonds. The molecule has 0 saturated heterocycles. The molecule has 5 nitrogen and oxygen atoms in total. The molecular formula is C17H16N2O3. The van der Waals surface area contributed by atoms with Crippen molar-refractivity contribution in [2.45, 2.75) is 6.10 Å². The second-order valence-corrected chi connectivity index (χ2v) is 4.86. The van der Waals surface area contributed by atoms with Gasteiger partial charge >= 0.3 is 0 Å². The van der Waals surface area contributed by atoms with Gasteiger partial charge in [0.15, 0.2) is 6.19 Å². The van der Waals surface area contributed by atoms with E-state index >= 15 is 0 Å². The van der Waals surface area contributed by atoms with Crippen molar-refractivity contribution in [3.05, 3.63) is 42.0 Å². The van der Waals surface area contributed by atoms with Crippen molar-refractivity contribution < 1.29 is 14.2 Å². The number of nitrogens with zero attached hydrogens (tertiary/aromatic N) is 1. The van der Waals surface area contributed by atoms with Gasteiger partial charge in [-0.25, -0.2) is 0 Å². The molecule has 1 atom stereocenters. The Kier molecular flexibility index (Phi) is 3.75. The summed E-state index contributed by atoms with van der Waals surface area (Å²) >= 11 is 0. The molecule has 0 radical (unpaired) electrons. The summed E-state index contributed by atoms with van der Waals surface area (Å²) in [6.07, 6.45) is 1.68. The zero-order valence-corrected chi connectivity index (χ0v) is 12.4. The van der Waals surface area contributed by atoms with E-state index in [4.69, 9.17) is 19.5 Å². The average molecular weight is 296 g/mol. The molecule has 1 aliphatic rings. The van der Waals surface area contributed by atoms with E-state index < -0.39 is 0 Å². The third-order valence-electron chi connectivity index (χ3n) is 3.72. The molecule has 3 rings (SSSR count). The fourth-order valence-corrected chi connectivity index (χ4v) is 2.79. The van der Waals surface area contributed by atoms with Gasteiger partial charge in [-0.1, -0.05) is 18.2 Å². The molecule has 1 unspecified atom stereocenters. The molecule has 5 heteroatoms. The number of nitrogens with one attached hydrogen (secondary N) is 1. The first-order valence-corrected chi connectivity index (χ1v) is 6.93. The SMILES string of the molecule is COc1cccc2c1-c1c(OC)cccc1C(CNC#N)O2. The Balaban J connectivity index is 2.22. The lowest BCUT2D eigenvalue weighted by molar-refractivity contribution is 0.202. The van der Waals surface area contributed by atoms with Gasteiger partial charge in [0.05, 0.1) is 26.3 Å². The molecule has 1 heterocycles. The largest absolute Gasteiger partial charge is 0.496 e. The van der Waals surface area contributed by atoms with Gasteiger partial charge in [0.2, 0.25) is 0 Å². The number of hydrogen-bond acceptors (Lipinski definition) is 5. The summed E-state index contributed by atoms with van der Waals surface area (Å²) < 4.78 is 17.1. The number of ether oxygens (including phenoxy) is 3. The van der Waals surface area contributed by atoms with Crippen LogP contribution in [-0.2, 0) is 0 Å². The monoisotopic (exact) mass is 296 g/mol. The Labute approximate surface area is 129 Å². The molecule has 1 aliphatic heterocycles. The minimum Gasteiger partial charge on any atom is -0.496 e. The topological polar surface area (TPSA) is 63.5 Å². The first-order chi connectivity index (χ1) is 10.8. The van der Waals surface area contributed by atoms with Crippen LogP contribution in [0.5, 0.6) is 17.2 Å². The summed E-state index contributed by atoms with van der Waals surface area (Å²) in [6.45, 7) is 0.396. The first kappa shape index (κ1) is 14.1. The zero-order valence-electron chi connectivity index (χ0n) is 12.4. The van der Waals surface area contributed by atoms with E-state index in [-0.39, 0.29) is 6.10 Å². The molecule has 0 aromatic heterocycles. The molecule has 22 heavy (non-hydrogen) atoms. The Morgan fingerprint density at radius 1 is 1.09 bits per heavy atom. The van der Waals surface area contributed by atoms with Crippen molar-refractivity contribution in [3.63, 3.8) is 0 Å². The standard InChI is InChI=1S/C17H16N2O3/c1-20-12-6-3-5-11-15(9-19-10-18)22-14-8-4-7-13(21-2)17(14)16(11)12/h3-8,15,19H,9H2,1-2H3. The van der Waals surface area contributed by atoms with Crippen molar-refractivity contribution in [2.24, 2.45) is 0 Å². The molecule has 0 bridgehead atoms. The summed E-state index contributed by atoms with van der Waals surface area (Å²) in [5, 5.41) is 11.4. The van der Waals surface area contributed by atoms with Crippen molar-refractivity contribution >= 4 is 0 Å². The average Bonchev–Trinajstić information content (AvgIpc) is 2.58. The Morgan fingerprint density at radius 2 is 1.77 bits per heavy atom. The predicted molar refractivity (Wildman–Crippen MR) is 82.0 cm³/mol. The van der Waals surface area contributed by atoms with Crippen LogP contribution in [0, 0.1) is 11.5 Å². The summed E-state index contributed by atoms with van der Waals surface area (Å²) in [6, 6.07) is 11.5. The highest BCUT2D eigenvalue weighted by Crippen LogP contribution is 2.50. The molecule has 0 saturated carbocycles. The van der Waals surface area contributed by atoms with E-state index in [1.54, 1.807) is 14.2 Å². The maximum Gasteiger partial charge on any atom is 0.176 e. The van der Waals surface area contributed by atoms with Crippen molar-refractivity contribution in [3.8, 4) is 34.6 Å². The van der Waals surface area contributed by atoms with Gasteiger partial charge in [0.25, 0.3) is 0 Å². The van der Waals surface area contributed by atoms with Crippen LogP contribution in [0.4, 0.5) is 0 Å². The van der Waals surface area contributed by atoms with E-state index in [1.807, 2.05) is 42.6 Å². The van der Waals surface area contributed by atoms with Crippen LogP contribution in [0.2, 0.25) is 0 Å². The number of methoxy groups -OCH3 is 2. The third-order valence-corrected chi connectivity index (χ3v) is 3.72. The minimum atomic E-state index is -0.260. The molecule has 1 N–H and O–H groups in total. The zero-order chi connectivity index (χ0) is 15.5.